The molecule has 2 aromatic carbocycles. The van der Waals surface area contributed by atoms with Crippen LogP contribution in [-0.2, 0) is 51.0 Å². The summed E-state index contributed by atoms with van der Waals surface area (Å²) < 4.78 is 45.8. The van der Waals surface area contributed by atoms with E-state index in [1.165, 1.54) is 13.5 Å². The van der Waals surface area contributed by atoms with Gasteiger partial charge in [-0.25, -0.2) is 9.67 Å². The first-order chi connectivity index (χ1) is 31.7. The summed E-state index contributed by atoms with van der Waals surface area (Å²) in [5.74, 6) is -1.71. The van der Waals surface area contributed by atoms with E-state index >= 15 is 0 Å². The maximum absolute atomic E-state index is 13.2. The van der Waals surface area contributed by atoms with Crippen molar-refractivity contribution in [1.82, 2.24) is 35.5 Å². The summed E-state index contributed by atoms with van der Waals surface area (Å²) in [6.45, 7) is 6.22. The Morgan fingerprint density at radius 3 is 2.20 bits per heavy atom. The number of aryl methyl sites for hydroxylation is 1. The van der Waals surface area contributed by atoms with E-state index in [4.69, 9.17) is 49.2 Å². The van der Waals surface area contributed by atoms with Crippen molar-refractivity contribution in [2.24, 2.45) is 0 Å². The van der Waals surface area contributed by atoms with Crippen LogP contribution in [0.1, 0.15) is 56.2 Å². The van der Waals surface area contributed by atoms with E-state index in [-0.39, 0.29) is 35.6 Å². The van der Waals surface area contributed by atoms with Gasteiger partial charge in [0.2, 0.25) is 11.8 Å². The molecule has 2 aliphatic rings. The van der Waals surface area contributed by atoms with Crippen LogP contribution in [-0.4, -0.2) is 160 Å². The van der Waals surface area contributed by atoms with Crippen molar-refractivity contribution in [2.45, 2.75) is 38.3 Å². The number of hydrogen-bond donors (Lipinski definition) is 3. The van der Waals surface area contributed by atoms with Crippen LogP contribution < -0.4 is 20.7 Å². The monoisotopic (exact) mass is 924 g/mol. The molecular formula is C43H53ClN8O13. The maximum Gasteiger partial charge on any atom is 0.273 e. The number of hydrogen-bond acceptors (Lipinski definition) is 17. The molecule has 350 valence electrons. The number of aromatic nitrogens is 4. The molecule has 6 rings (SSSR count). The maximum atomic E-state index is 13.2. The molecule has 0 saturated carbocycles. The normalized spacial score (nSPS) is 14.8. The van der Waals surface area contributed by atoms with E-state index in [0.29, 0.717) is 140 Å². The lowest BCUT2D eigenvalue weighted by Gasteiger charge is -2.27. The molecule has 0 radical (unpaired) electrons. The minimum Gasteiger partial charge on any atom is -0.495 e. The van der Waals surface area contributed by atoms with Crippen molar-refractivity contribution in [3.05, 3.63) is 76.5 Å². The quantitative estimate of drug-likeness (QED) is 0.0502. The summed E-state index contributed by atoms with van der Waals surface area (Å²) in [5.41, 5.74) is 2.47. The summed E-state index contributed by atoms with van der Waals surface area (Å²) in [4.78, 5) is 67.8. The van der Waals surface area contributed by atoms with Crippen LogP contribution in [0.3, 0.4) is 0 Å². The number of nitrogens with zero attached hydrogens (tertiary/aromatic N) is 5. The highest BCUT2D eigenvalue weighted by molar-refractivity contribution is 6.32. The molecule has 0 bridgehead atoms. The van der Waals surface area contributed by atoms with Crippen LogP contribution in [0.25, 0.3) is 11.3 Å². The van der Waals surface area contributed by atoms with Crippen molar-refractivity contribution in [3.63, 3.8) is 0 Å². The molecule has 4 heterocycles. The number of halogens is 1. The number of methoxy groups -OCH3 is 1. The lowest BCUT2D eigenvalue weighted by molar-refractivity contribution is -0.136. The molecule has 65 heavy (non-hydrogen) atoms. The van der Waals surface area contributed by atoms with E-state index < -0.39 is 29.7 Å². The van der Waals surface area contributed by atoms with E-state index in [2.05, 4.69) is 31.2 Å². The fourth-order valence-corrected chi connectivity index (χ4v) is 7.08. The van der Waals surface area contributed by atoms with Crippen molar-refractivity contribution < 1.29 is 61.5 Å². The average molecular weight is 925 g/mol. The van der Waals surface area contributed by atoms with Crippen molar-refractivity contribution in [1.29, 1.82) is 0 Å². The van der Waals surface area contributed by atoms with Crippen molar-refractivity contribution in [3.8, 4) is 17.1 Å². The van der Waals surface area contributed by atoms with Gasteiger partial charge < -0.3 is 48.2 Å². The number of carbonyl (C=O) groups excluding carboxylic acids is 5. The molecule has 22 heteroatoms. The third-order valence-corrected chi connectivity index (χ3v) is 10.3. The van der Waals surface area contributed by atoms with Gasteiger partial charge in [-0.05, 0) is 49.6 Å². The molecule has 5 amide bonds. The zero-order chi connectivity index (χ0) is 45.8. The van der Waals surface area contributed by atoms with Crippen molar-refractivity contribution in [2.75, 3.05) is 105 Å². The van der Waals surface area contributed by atoms with Gasteiger partial charge in [0.05, 0.1) is 115 Å². The Morgan fingerprint density at radius 1 is 0.862 bits per heavy atom. The highest BCUT2D eigenvalue weighted by atomic mass is 35.5. The Labute approximate surface area is 379 Å². The van der Waals surface area contributed by atoms with E-state index in [9.17, 15) is 24.0 Å². The van der Waals surface area contributed by atoms with Crippen molar-refractivity contribution >= 4 is 46.8 Å². The van der Waals surface area contributed by atoms with Gasteiger partial charge in [-0.1, -0.05) is 22.9 Å². The minimum atomic E-state index is -1.02. The van der Waals surface area contributed by atoms with Gasteiger partial charge in [0.1, 0.15) is 11.8 Å². The fourth-order valence-electron chi connectivity index (χ4n) is 6.82. The molecule has 4 aromatic rings. The zero-order valence-corrected chi connectivity index (χ0v) is 36.8. The Hall–Kier alpha value is -5.81. The van der Waals surface area contributed by atoms with E-state index in [1.54, 1.807) is 41.1 Å². The Morgan fingerprint density at radius 2 is 1.54 bits per heavy atom. The van der Waals surface area contributed by atoms with Crippen LogP contribution in [0.4, 0.5) is 5.69 Å². The van der Waals surface area contributed by atoms with Crippen LogP contribution in [0.15, 0.2) is 53.4 Å². The molecule has 21 nitrogen and oxygen atoms in total. The number of nitrogens with one attached hydrogen (secondary N) is 3. The van der Waals surface area contributed by atoms with Crippen LogP contribution in [0, 0.1) is 0 Å². The Kier molecular flexibility index (Phi) is 19.2. The average Bonchev–Trinajstić information content (AvgIpc) is 4.04. The number of ether oxygens (including phenoxy) is 7. The second-order valence-electron chi connectivity index (χ2n) is 14.5. The summed E-state index contributed by atoms with van der Waals surface area (Å²) >= 11 is 6.23. The molecular weight excluding hydrogens is 872 g/mol. The van der Waals surface area contributed by atoms with Gasteiger partial charge in [0, 0.05) is 37.0 Å². The summed E-state index contributed by atoms with van der Waals surface area (Å²) in [6.07, 6.45) is 4.52. The fraction of sp³-hybridized carbons (Fsp3) is 0.488. The lowest BCUT2D eigenvalue weighted by Crippen LogP contribution is -2.54. The second kappa shape index (κ2) is 25.6. The second-order valence-corrected chi connectivity index (χ2v) is 14.9. The summed E-state index contributed by atoms with van der Waals surface area (Å²) in [6, 6.07) is 8.98. The van der Waals surface area contributed by atoms with E-state index in [1.807, 2.05) is 6.20 Å². The standard InChI is InChI=1S/C43H53ClN8O13/c1-58-35-9-7-29(26-32(35)44)39-38(47-28-65-39)41(55)46-11-3-4-30-27-51(50-49-30)13-15-60-17-19-62-21-23-64-25-24-63-22-20-61-18-16-59-14-12-45-33-6-2-5-31-37(33)43(57)52(42(31)56)34-8-10-36(53)48-40(34)54/h2,5-7,9,26-28,34,45H,3-4,8,10-25H2,1H3,(H,46,55)(H,48,53,54). The molecule has 2 aliphatic heterocycles. The summed E-state index contributed by atoms with van der Waals surface area (Å²) in [5, 5.41) is 16.9. The third-order valence-electron chi connectivity index (χ3n) is 10.0. The third kappa shape index (κ3) is 14.1. The first-order valence-electron chi connectivity index (χ1n) is 21.2. The molecule has 0 aliphatic carbocycles. The topological polar surface area (TPSA) is 246 Å². The van der Waals surface area contributed by atoms with Gasteiger partial charge >= 0.3 is 0 Å². The van der Waals surface area contributed by atoms with Gasteiger partial charge in [-0.2, -0.15) is 0 Å². The highest BCUT2D eigenvalue weighted by Crippen LogP contribution is 2.33. The molecule has 1 atom stereocenters. The number of rotatable bonds is 30. The molecule has 1 unspecified atom stereocenters. The van der Waals surface area contributed by atoms with Crippen LogP contribution >= 0.6 is 11.6 Å². The van der Waals surface area contributed by atoms with Crippen LogP contribution in [0.5, 0.6) is 5.75 Å². The summed E-state index contributed by atoms with van der Waals surface area (Å²) in [7, 11) is 1.53. The van der Waals surface area contributed by atoms with Crippen LogP contribution in [0.2, 0.25) is 5.02 Å². The van der Waals surface area contributed by atoms with Gasteiger partial charge in [-0.15, -0.1) is 5.10 Å². The number of fused-ring (bicyclic) bond motifs is 1. The number of anilines is 1. The zero-order valence-electron chi connectivity index (χ0n) is 36.1. The number of oxazole rings is 1. The largest absolute Gasteiger partial charge is 0.495 e. The lowest BCUT2D eigenvalue weighted by atomic mass is 10.0. The van der Waals surface area contributed by atoms with Gasteiger partial charge in [0.25, 0.3) is 17.7 Å². The molecule has 2 aromatic heterocycles. The first kappa shape index (κ1) is 48.6. The number of benzene rings is 2. The predicted octanol–water partition coefficient (Wildman–Crippen LogP) is 2.57. The van der Waals surface area contributed by atoms with Gasteiger partial charge in [0.15, 0.2) is 17.8 Å². The first-order valence-corrected chi connectivity index (χ1v) is 21.6. The Balaban J connectivity index is 0.690. The molecule has 1 saturated heterocycles. The van der Waals surface area contributed by atoms with Gasteiger partial charge in [-0.3, -0.25) is 34.2 Å². The van der Waals surface area contributed by atoms with E-state index in [0.717, 1.165) is 10.6 Å². The number of piperidine rings is 1. The molecule has 1 fully saturated rings. The molecule has 0 spiro atoms. The minimum absolute atomic E-state index is 0.0581. The SMILES string of the molecule is COc1ccc(-c2ocnc2C(=O)NCCCc2cn(CCOCCOCCOCCOCCOCCOCCNc3cccc4c3C(=O)N(C3CCC(=O)NC3=O)C4=O)nn2)cc1Cl. The smallest absolute Gasteiger partial charge is 0.273 e. The number of carbonyl (C=O) groups is 5. The highest BCUT2D eigenvalue weighted by Gasteiger charge is 2.45. The number of imide groups is 2. The number of amides is 5. The predicted molar refractivity (Wildman–Crippen MR) is 231 cm³/mol. The molecule has 3 N–H and O–H groups in total. The Bertz CT molecular complexity index is 2220.